The van der Waals surface area contributed by atoms with Gasteiger partial charge >= 0.3 is 0 Å². The van der Waals surface area contributed by atoms with E-state index in [9.17, 15) is 4.79 Å². The number of morpholine rings is 1. The number of carbonyl (C=O) groups excluding carboxylic acids is 1. The summed E-state index contributed by atoms with van der Waals surface area (Å²) < 4.78 is 5.72. The Morgan fingerprint density at radius 3 is 2.76 bits per heavy atom. The summed E-state index contributed by atoms with van der Waals surface area (Å²) in [6.45, 7) is 3.31. The molecule has 1 aliphatic carbocycles. The highest BCUT2D eigenvalue weighted by molar-refractivity contribution is 5.79. The number of amides is 1. The minimum Gasteiger partial charge on any atom is -0.374 e. The summed E-state index contributed by atoms with van der Waals surface area (Å²) >= 11 is 0. The second kappa shape index (κ2) is 5.83. The van der Waals surface area contributed by atoms with Gasteiger partial charge in [-0.1, -0.05) is 6.42 Å². The van der Waals surface area contributed by atoms with Gasteiger partial charge in [0.25, 0.3) is 0 Å². The van der Waals surface area contributed by atoms with Gasteiger partial charge < -0.3 is 14.5 Å². The molecule has 0 bridgehead atoms. The summed E-state index contributed by atoms with van der Waals surface area (Å²) in [5.41, 5.74) is 0. The molecular weight excluding hydrogens is 216 g/mol. The van der Waals surface area contributed by atoms with E-state index in [4.69, 9.17) is 4.74 Å². The van der Waals surface area contributed by atoms with E-state index in [0.717, 1.165) is 38.9 Å². The zero-order valence-corrected chi connectivity index (χ0v) is 11.0. The lowest BCUT2D eigenvalue weighted by molar-refractivity contribution is -0.146. The maximum Gasteiger partial charge on any atom is 0.225 e. The standard InChI is InChI=1S/C13H24N2O2/c1-14(2)7-6-12-10-15(8-9-17-12)13(16)11-4-3-5-11/h11-12H,3-10H2,1-2H3. The normalized spacial score (nSPS) is 26.1. The second-order valence-corrected chi connectivity index (χ2v) is 5.50. The molecule has 0 aromatic rings. The van der Waals surface area contributed by atoms with Gasteiger partial charge in [-0.15, -0.1) is 0 Å². The topological polar surface area (TPSA) is 32.8 Å². The molecule has 0 aromatic carbocycles. The van der Waals surface area contributed by atoms with Crippen molar-refractivity contribution >= 4 is 5.91 Å². The summed E-state index contributed by atoms with van der Waals surface area (Å²) in [6.07, 6.45) is 4.67. The summed E-state index contributed by atoms with van der Waals surface area (Å²) in [6, 6.07) is 0. The minimum atomic E-state index is 0.232. The van der Waals surface area contributed by atoms with Crippen molar-refractivity contribution in [3.63, 3.8) is 0 Å². The van der Waals surface area contributed by atoms with Crippen LogP contribution in [0, 0.1) is 5.92 Å². The van der Waals surface area contributed by atoms with Gasteiger partial charge in [-0.3, -0.25) is 4.79 Å². The van der Waals surface area contributed by atoms with E-state index in [1.807, 2.05) is 4.90 Å². The molecule has 1 atom stereocenters. The molecule has 1 amide bonds. The molecule has 98 valence electrons. The Morgan fingerprint density at radius 1 is 1.41 bits per heavy atom. The molecule has 0 N–H and O–H groups in total. The van der Waals surface area contributed by atoms with Crippen LogP contribution < -0.4 is 0 Å². The third-order valence-corrected chi connectivity index (χ3v) is 3.80. The maximum atomic E-state index is 12.1. The quantitative estimate of drug-likeness (QED) is 0.734. The summed E-state index contributed by atoms with van der Waals surface area (Å²) in [7, 11) is 4.14. The molecule has 1 aliphatic heterocycles. The van der Waals surface area contributed by atoms with E-state index in [0.29, 0.717) is 18.4 Å². The van der Waals surface area contributed by atoms with Crippen molar-refractivity contribution in [3.05, 3.63) is 0 Å². The summed E-state index contributed by atoms with van der Waals surface area (Å²) in [5, 5.41) is 0. The predicted molar refractivity (Wildman–Crippen MR) is 66.8 cm³/mol. The van der Waals surface area contributed by atoms with Crippen molar-refractivity contribution in [2.45, 2.75) is 31.8 Å². The van der Waals surface area contributed by atoms with Crippen molar-refractivity contribution < 1.29 is 9.53 Å². The van der Waals surface area contributed by atoms with Gasteiger partial charge in [-0.25, -0.2) is 0 Å². The predicted octanol–water partition coefficient (Wildman–Crippen LogP) is 0.966. The molecule has 0 radical (unpaired) electrons. The minimum absolute atomic E-state index is 0.232. The molecule has 4 nitrogen and oxygen atoms in total. The molecular formula is C13H24N2O2. The van der Waals surface area contributed by atoms with Crippen LogP contribution in [0.5, 0.6) is 0 Å². The first-order valence-electron chi connectivity index (χ1n) is 6.72. The maximum absolute atomic E-state index is 12.1. The van der Waals surface area contributed by atoms with E-state index >= 15 is 0 Å². The van der Waals surface area contributed by atoms with Gasteiger partial charge in [0.2, 0.25) is 5.91 Å². The van der Waals surface area contributed by atoms with Crippen LogP contribution in [-0.4, -0.2) is 62.1 Å². The van der Waals surface area contributed by atoms with Gasteiger partial charge in [0.15, 0.2) is 0 Å². The molecule has 0 spiro atoms. The van der Waals surface area contributed by atoms with Gasteiger partial charge in [-0.05, 0) is 33.4 Å². The first kappa shape index (κ1) is 12.8. The Hall–Kier alpha value is -0.610. The van der Waals surface area contributed by atoms with E-state index < -0.39 is 0 Å². The Kier molecular flexibility index (Phi) is 4.40. The molecule has 1 heterocycles. The summed E-state index contributed by atoms with van der Waals surface area (Å²) in [4.78, 5) is 16.3. The highest BCUT2D eigenvalue weighted by atomic mass is 16.5. The Bertz CT molecular complexity index is 264. The van der Waals surface area contributed by atoms with Crippen LogP contribution in [-0.2, 0) is 9.53 Å². The van der Waals surface area contributed by atoms with Gasteiger partial charge in [0.1, 0.15) is 0 Å². The molecule has 4 heteroatoms. The fourth-order valence-electron chi connectivity index (χ4n) is 2.41. The van der Waals surface area contributed by atoms with E-state index in [2.05, 4.69) is 19.0 Å². The van der Waals surface area contributed by atoms with Crippen molar-refractivity contribution in [2.24, 2.45) is 5.92 Å². The van der Waals surface area contributed by atoms with Crippen LogP contribution >= 0.6 is 0 Å². The SMILES string of the molecule is CN(C)CCC1CN(C(=O)C2CCC2)CCO1. The number of nitrogens with zero attached hydrogens (tertiary/aromatic N) is 2. The van der Waals surface area contributed by atoms with Crippen LogP contribution in [0.25, 0.3) is 0 Å². The van der Waals surface area contributed by atoms with E-state index in [1.54, 1.807) is 0 Å². The smallest absolute Gasteiger partial charge is 0.225 e. The lowest BCUT2D eigenvalue weighted by Gasteiger charge is -2.37. The van der Waals surface area contributed by atoms with Gasteiger partial charge in [0, 0.05) is 25.6 Å². The highest BCUT2D eigenvalue weighted by Crippen LogP contribution is 2.28. The van der Waals surface area contributed by atoms with Gasteiger partial charge in [0.05, 0.1) is 12.7 Å². The molecule has 2 aliphatic rings. The number of hydrogen-bond acceptors (Lipinski definition) is 3. The number of rotatable bonds is 4. The number of ether oxygens (including phenoxy) is 1. The van der Waals surface area contributed by atoms with E-state index in [-0.39, 0.29) is 6.10 Å². The average molecular weight is 240 g/mol. The molecule has 0 aromatic heterocycles. The number of hydrogen-bond donors (Lipinski definition) is 0. The first-order chi connectivity index (χ1) is 8.16. The lowest BCUT2D eigenvalue weighted by atomic mass is 9.84. The molecule has 2 rings (SSSR count). The molecule has 17 heavy (non-hydrogen) atoms. The Balaban J connectivity index is 1.77. The zero-order chi connectivity index (χ0) is 12.3. The molecule has 1 saturated heterocycles. The second-order valence-electron chi connectivity index (χ2n) is 5.50. The fraction of sp³-hybridized carbons (Fsp3) is 0.923. The Morgan fingerprint density at radius 2 is 2.18 bits per heavy atom. The van der Waals surface area contributed by atoms with E-state index in [1.165, 1.54) is 6.42 Å². The fourth-order valence-corrected chi connectivity index (χ4v) is 2.41. The lowest BCUT2D eigenvalue weighted by Crippen LogP contribution is -2.49. The van der Waals surface area contributed by atoms with Crippen LogP contribution in [0.3, 0.4) is 0 Å². The van der Waals surface area contributed by atoms with Crippen LogP contribution in [0.15, 0.2) is 0 Å². The van der Waals surface area contributed by atoms with Crippen molar-refractivity contribution in [3.8, 4) is 0 Å². The van der Waals surface area contributed by atoms with Crippen molar-refractivity contribution in [2.75, 3.05) is 40.3 Å². The largest absolute Gasteiger partial charge is 0.374 e. The van der Waals surface area contributed by atoms with Gasteiger partial charge in [-0.2, -0.15) is 0 Å². The summed E-state index contributed by atoms with van der Waals surface area (Å²) in [5.74, 6) is 0.692. The third kappa shape index (κ3) is 3.42. The van der Waals surface area contributed by atoms with Crippen LogP contribution in [0.4, 0.5) is 0 Å². The molecule has 2 fully saturated rings. The van der Waals surface area contributed by atoms with Crippen molar-refractivity contribution in [1.29, 1.82) is 0 Å². The number of carbonyl (C=O) groups is 1. The van der Waals surface area contributed by atoms with Crippen LogP contribution in [0.1, 0.15) is 25.7 Å². The third-order valence-electron chi connectivity index (χ3n) is 3.80. The monoisotopic (exact) mass is 240 g/mol. The van der Waals surface area contributed by atoms with Crippen molar-refractivity contribution in [1.82, 2.24) is 9.80 Å². The molecule has 1 saturated carbocycles. The zero-order valence-electron chi connectivity index (χ0n) is 11.0. The Labute approximate surface area is 104 Å². The van der Waals surface area contributed by atoms with Crippen LogP contribution in [0.2, 0.25) is 0 Å². The molecule has 1 unspecified atom stereocenters. The average Bonchev–Trinajstić information content (AvgIpc) is 2.24. The highest BCUT2D eigenvalue weighted by Gasteiger charge is 2.32. The first-order valence-corrected chi connectivity index (χ1v) is 6.72.